The minimum atomic E-state index is -0.803. The number of fused-ring (bicyclic) bond motifs is 1. The summed E-state index contributed by atoms with van der Waals surface area (Å²) in [6.45, 7) is 3.80. The summed E-state index contributed by atoms with van der Waals surface area (Å²) < 4.78 is 5.67. The van der Waals surface area contributed by atoms with E-state index in [0.717, 1.165) is 28.2 Å². The lowest BCUT2D eigenvalue weighted by atomic mass is 10.0. The van der Waals surface area contributed by atoms with Crippen molar-refractivity contribution in [3.63, 3.8) is 0 Å². The van der Waals surface area contributed by atoms with Crippen LogP contribution in [0.1, 0.15) is 23.6 Å². The molecule has 4 amide bonds. The molecule has 142 valence electrons. The number of carbonyl (C=O) groups is 3. The number of nitrogens with zero attached hydrogens (tertiary/aromatic N) is 1. The highest BCUT2D eigenvalue weighted by atomic mass is 35.5. The van der Waals surface area contributed by atoms with Crippen LogP contribution < -0.4 is 15.0 Å². The van der Waals surface area contributed by atoms with E-state index < -0.39 is 17.8 Å². The molecule has 0 aromatic heterocycles. The van der Waals surface area contributed by atoms with E-state index in [1.165, 1.54) is 12.1 Å². The van der Waals surface area contributed by atoms with Crippen molar-refractivity contribution in [2.24, 2.45) is 0 Å². The summed E-state index contributed by atoms with van der Waals surface area (Å²) in [6.07, 6.45) is 2.34. The Morgan fingerprint density at radius 2 is 1.96 bits per heavy atom. The molecule has 2 heterocycles. The van der Waals surface area contributed by atoms with Crippen molar-refractivity contribution in [1.29, 1.82) is 0 Å². The molecule has 28 heavy (non-hydrogen) atoms. The molecule has 0 spiro atoms. The van der Waals surface area contributed by atoms with Crippen molar-refractivity contribution >= 4 is 41.2 Å². The van der Waals surface area contributed by atoms with Gasteiger partial charge in [0, 0.05) is 11.4 Å². The van der Waals surface area contributed by atoms with E-state index in [9.17, 15) is 14.4 Å². The molecular weight excluding hydrogens is 380 g/mol. The molecule has 1 saturated heterocycles. The van der Waals surface area contributed by atoms with Crippen LogP contribution in [0.2, 0.25) is 5.02 Å². The molecule has 0 bridgehead atoms. The van der Waals surface area contributed by atoms with Crippen LogP contribution in [-0.2, 0) is 16.0 Å². The Labute approximate surface area is 166 Å². The standard InChI is InChI=1S/C21H17ClN2O4/c1-11-3-5-15(10-17(11)22)24-20(26)16(19(25)23-21(24)27)9-13-4-6-18-14(8-13)7-12(2)28-18/h3-6,8-10,12H,7H2,1-2H3,(H,23,25,27)/b16-9+/t12-/m1/s1. The van der Waals surface area contributed by atoms with Crippen LogP contribution in [0.3, 0.4) is 0 Å². The Kier molecular flexibility index (Phi) is 4.43. The molecule has 2 aromatic rings. The van der Waals surface area contributed by atoms with Gasteiger partial charge in [0.05, 0.1) is 5.69 Å². The molecule has 0 aliphatic carbocycles. The molecular formula is C21H17ClN2O4. The predicted molar refractivity (Wildman–Crippen MR) is 105 cm³/mol. The zero-order valence-electron chi connectivity index (χ0n) is 15.3. The van der Waals surface area contributed by atoms with Gasteiger partial charge in [0.2, 0.25) is 0 Å². The largest absolute Gasteiger partial charge is 0.490 e. The third-order valence-electron chi connectivity index (χ3n) is 4.75. The first-order valence-corrected chi connectivity index (χ1v) is 9.18. The fourth-order valence-corrected chi connectivity index (χ4v) is 3.49. The SMILES string of the molecule is Cc1ccc(N2C(=O)NC(=O)/C(=C\c3ccc4c(c3)C[C@@H](C)O4)C2=O)cc1Cl. The van der Waals surface area contributed by atoms with Crippen LogP contribution in [-0.4, -0.2) is 23.9 Å². The van der Waals surface area contributed by atoms with E-state index in [-0.39, 0.29) is 11.7 Å². The monoisotopic (exact) mass is 396 g/mol. The third-order valence-corrected chi connectivity index (χ3v) is 5.15. The van der Waals surface area contributed by atoms with E-state index in [0.29, 0.717) is 16.3 Å². The van der Waals surface area contributed by atoms with Gasteiger partial charge in [0.25, 0.3) is 11.8 Å². The number of benzene rings is 2. The van der Waals surface area contributed by atoms with Gasteiger partial charge >= 0.3 is 6.03 Å². The summed E-state index contributed by atoms with van der Waals surface area (Å²) >= 11 is 6.13. The van der Waals surface area contributed by atoms with Crippen molar-refractivity contribution in [2.45, 2.75) is 26.4 Å². The molecule has 1 atom stereocenters. The Bertz CT molecular complexity index is 1060. The second kappa shape index (κ2) is 6.80. The topological polar surface area (TPSA) is 75.7 Å². The van der Waals surface area contributed by atoms with Gasteiger partial charge in [-0.2, -0.15) is 0 Å². The van der Waals surface area contributed by atoms with Crippen LogP contribution in [0, 0.1) is 6.92 Å². The van der Waals surface area contributed by atoms with Gasteiger partial charge < -0.3 is 4.74 Å². The maximum atomic E-state index is 12.9. The molecule has 1 fully saturated rings. The Morgan fingerprint density at radius 1 is 1.18 bits per heavy atom. The number of urea groups is 1. The Morgan fingerprint density at radius 3 is 2.71 bits per heavy atom. The van der Waals surface area contributed by atoms with Crippen LogP contribution >= 0.6 is 11.6 Å². The number of hydrogen-bond acceptors (Lipinski definition) is 4. The van der Waals surface area contributed by atoms with E-state index in [4.69, 9.17) is 16.3 Å². The van der Waals surface area contributed by atoms with Crippen molar-refractivity contribution < 1.29 is 19.1 Å². The second-order valence-corrected chi connectivity index (χ2v) is 7.30. The lowest BCUT2D eigenvalue weighted by Gasteiger charge is -2.26. The molecule has 4 rings (SSSR count). The molecule has 0 unspecified atom stereocenters. The number of rotatable bonds is 2. The number of aryl methyl sites for hydroxylation is 1. The van der Waals surface area contributed by atoms with E-state index in [2.05, 4.69) is 5.32 Å². The minimum Gasteiger partial charge on any atom is -0.490 e. The van der Waals surface area contributed by atoms with Crippen LogP contribution in [0.4, 0.5) is 10.5 Å². The summed E-state index contributed by atoms with van der Waals surface area (Å²) in [6, 6.07) is 9.52. The zero-order chi connectivity index (χ0) is 20.0. The van der Waals surface area contributed by atoms with Gasteiger partial charge in [-0.25, -0.2) is 9.69 Å². The number of ether oxygens (including phenoxy) is 1. The van der Waals surface area contributed by atoms with Gasteiger partial charge in [-0.3, -0.25) is 14.9 Å². The first-order valence-electron chi connectivity index (χ1n) is 8.80. The summed E-state index contributed by atoms with van der Waals surface area (Å²) in [4.78, 5) is 38.4. The summed E-state index contributed by atoms with van der Waals surface area (Å²) in [5, 5.41) is 2.64. The maximum absolute atomic E-state index is 12.9. The highest BCUT2D eigenvalue weighted by molar-refractivity contribution is 6.39. The quantitative estimate of drug-likeness (QED) is 0.621. The number of anilines is 1. The molecule has 2 aliphatic rings. The Balaban J connectivity index is 1.71. The first-order chi connectivity index (χ1) is 13.3. The number of barbiturate groups is 1. The summed E-state index contributed by atoms with van der Waals surface area (Å²) in [7, 11) is 0. The maximum Gasteiger partial charge on any atom is 0.335 e. The molecule has 6 nitrogen and oxygen atoms in total. The van der Waals surface area contributed by atoms with Gasteiger partial charge in [0.15, 0.2) is 0 Å². The third kappa shape index (κ3) is 3.16. The lowest BCUT2D eigenvalue weighted by Crippen LogP contribution is -2.54. The van der Waals surface area contributed by atoms with E-state index in [1.807, 2.05) is 26.0 Å². The number of halogens is 1. The fraction of sp³-hybridized carbons (Fsp3) is 0.190. The van der Waals surface area contributed by atoms with Crippen LogP contribution in [0.15, 0.2) is 42.0 Å². The van der Waals surface area contributed by atoms with Gasteiger partial charge in [-0.05, 0) is 60.9 Å². The van der Waals surface area contributed by atoms with Gasteiger partial charge in [-0.15, -0.1) is 0 Å². The molecule has 7 heteroatoms. The molecule has 0 radical (unpaired) electrons. The average molecular weight is 397 g/mol. The lowest BCUT2D eigenvalue weighted by molar-refractivity contribution is -0.122. The molecule has 2 aliphatic heterocycles. The highest BCUT2D eigenvalue weighted by Crippen LogP contribution is 2.31. The molecule has 1 N–H and O–H groups in total. The zero-order valence-corrected chi connectivity index (χ0v) is 16.0. The second-order valence-electron chi connectivity index (χ2n) is 6.89. The smallest absolute Gasteiger partial charge is 0.335 e. The van der Waals surface area contributed by atoms with Crippen molar-refractivity contribution in [2.75, 3.05) is 4.90 Å². The number of nitrogens with one attached hydrogen (secondary N) is 1. The average Bonchev–Trinajstić information content (AvgIpc) is 3.00. The molecule has 2 aromatic carbocycles. The fourth-order valence-electron chi connectivity index (χ4n) is 3.31. The number of hydrogen-bond donors (Lipinski definition) is 1. The van der Waals surface area contributed by atoms with Gasteiger partial charge in [-0.1, -0.05) is 23.7 Å². The van der Waals surface area contributed by atoms with Crippen molar-refractivity contribution in [3.8, 4) is 5.75 Å². The number of carbonyl (C=O) groups excluding carboxylic acids is 3. The van der Waals surface area contributed by atoms with E-state index >= 15 is 0 Å². The van der Waals surface area contributed by atoms with Crippen LogP contribution in [0.25, 0.3) is 6.08 Å². The first kappa shape index (κ1) is 18.3. The number of amides is 4. The van der Waals surface area contributed by atoms with Gasteiger partial charge in [0.1, 0.15) is 17.4 Å². The summed E-state index contributed by atoms with van der Waals surface area (Å²) in [5.41, 5.74) is 2.70. The highest BCUT2D eigenvalue weighted by Gasteiger charge is 2.37. The van der Waals surface area contributed by atoms with E-state index in [1.54, 1.807) is 18.2 Å². The number of imide groups is 2. The van der Waals surface area contributed by atoms with Crippen molar-refractivity contribution in [1.82, 2.24) is 5.32 Å². The Hall–Kier alpha value is -3.12. The summed E-state index contributed by atoms with van der Waals surface area (Å²) in [5.74, 6) is -0.617. The van der Waals surface area contributed by atoms with Crippen LogP contribution in [0.5, 0.6) is 5.75 Å². The molecule has 0 saturated carbocycles. The predicted octanol–water partition coefficient (Wildman–Crippen LogP) is 3.64. The minimum absolute atomic E-state index is 0.0944. The van der Waals surface area contributed by atoms with Crippen molar-refractivity contribution in [3.05, 3.63) is 63.7 Å². The normalized spacial score (nSPS) is 20.2.